The van der Waals surface area contributed by atoms with E-state index in [1.54, 1.807) is 20.2 Å². The van der Waals surface area contributed by atoms with Crippen LogP contribution in [0.5, 0.6) is 5.75 Å². The molecule has 0 aliphatic carbocycles. The summed E-state index contributed by atoms with van der Waals surface area (Å²) in [6.07, 6.45) is 1.85. The lowest BCUT2D eigenvalue weighted by Gasteiger charge is -2.09. The number of H-pyrrole nitrogens is 1. The Balaban J connectivity index is 2.29. The number of unbranched alkanes of at least 4 members (excludes halogenated alkanes) is 1. The number of carbonyl (C=O) groups is 1. The van der Waals surface area contributed by atoms with E-state index in [1.165, 1.54) is 17.0 Å². The molecule has 0 aliphatic heterocycles. The van der Waals surface area contributed by atoms with Gasteiger partial charge in [0.05, 0.1) is 12.2 Å². The molecule has 1 aromatic carbocycles. The van der Waals surface area contributed by atoms with Crippen LogP contribution in [0, 0.1) is 5.82 Å². The maximum absolute atomic E-state index is 13.4. The molecule has 1 amide bonds. The molecule has 22 heavy (non-hydrogen) atoms. The van der Waals surface area contributed by atoms with E-state index < -0.39 is 5.82 Å². The van der Waals surface area contributed by atoms with E-state index in [1.807, 2.05) is 6.92 Å². The maximum atomic E-state index is 13.4. The monoisotopic (exact) mass is 306 g/mol. The summed E-state index contributed by atoms with van der Waals surface area (Å²) in [6, 6.07) is 4.16. The first kappa shape index (κ1) is 15.9. The number of hydrogen-bond donors (Lipinski definition) is 1. The van der Waals surface area contributed by atoms with E-state index >= 15 is 0 Å². The number of amides is 1. The fourth-order valence-electron chi connectivity index (χ4n) is 1.82. The summed E-state index contributed by atoms with van der Waals surface area (Å²) in [5.41, 5.74) is 0.548. The van der Waals surface area contributed by atoms with Gasteiger partial charge in [0, 0.05) is 20.2 Å². The maximum Gasteiger partial charge on any atom is 0.290 e. The van der Waals surface area contributed by atoms with Crippen molar-refractivity contribution in [2.75, 3.05) is 20.7 Å². The Morgan fingerprint density at radius 2 is 2.18 bits per heavy atom. The van der Waals surface area contributed by atoms with Crippen LogP contribution in [-0.4, -0.2) is 46.7 Å². The third-order valence-corrected chi connectivity index (χ3v) is 3.03. The first-order chi connectivity index (χ1) is 10.5. The van der Waals surface area contributed by atoms with Crippen molar-refractivity contribution >= 4 is 5.91 Å². The normalized spacial score (nSPS) is 10.5. The highest BCUT2D eigenvalue weighted by Crippen LogP contribution is 2.28. The topological polar surface area (TPSA) is 71.1 Å². The van der Waals surface area contributed by atoms with Crippen molar-refractivity contribution in [2.45, 2.75) is 19.8 Å². The molecule has 1 N–H and O–H groups in total. The van der Waals surface area contributed by atoms with Crippen molar-refractivity contribution in [1.82, 2.24) is 20.1 Å². The largest absolute Gasteiger partial charge is 0.493 e. The van der Waals surface area contributed by atoms with Gasteiger partial charge in [-0.25, -0.2) is 9.37 Å². The average molecular weight is 306 g/mol. The zero-order valence-corrected chi connectivity index (χ0v) is 12.9. The number of hydrogen-bond acceptors (Lipinski definition) is 4. The smallest absolute Gasteiger partial charge is 0.290 e. The first-order valence-corrected chi connectivity index (χ1v) is 7.09. The van der Waals surface area contributed by atoms with E-state index in [2.05, 4.69) is 15.2 Å². The van der Waals surface area contributed by atoms with Crippen LogP contribution in [-0.2, 0) is 0 Å². The van der Waals surface area contributed by atoms with Gasteiger partial charge < -0.3 is 9.64 Å². The number of carbonyl (C=O) groups excluding carboxylic acids is 1. The van der Waals surface area contributed by atoms with Gasteiger partial charge in [-0.1, -0.05) is 13.3 Å². The van der Waals surface area contributed by atoms with E-state index in [-0.39, 0.29) is 11.7 Å². The number of halogens is 1. The lowest BCUT2D eigenvalue weighted by atomic mass is 10.2. The second-order valence-corrected chi connectivity index (χ2v) is 5.05. The minimum atomic E-state index is -0.393. The van der Waals surface area contributed by atoms with Gasteiger partial charge in [0.2, 0.25) is 5.82 Å². The fourth-order valence-corrected chi connectivity index (χ4v) is 1.82. The Hall–Kier alpha value is -2.44. The van der Waals surface area contributed by atoms with Crippen LogP contribution in [0.15, 0.2) is 18.2 Å². The summed E-state index contributed by atoms with van der Waals surface area (Å²) in [4.78, 5) is 17.4. The predicted molar refractivity (Wildman–Crippen MR) is 80.2 cm³/mol. The molecule has 1 heterocycles. The molecule has 2 rings (SSSR count). The van der Waals surface area contributed by atoms with Gasteiger partial charge in [0.25, 0.3) is 5.91 Å². The molecular weight excluding hydrogens is 287 g/mol. The molecule has 0 fully saturated rings. The highest BCUT2D eigenvalue weighted by Gasteiger charge is 2.17. The minimum absolute atomic E-state index is 0.129. The van der Waals surface area contributed by atoms with Crippen LogP contribution in [0.4, 0.5) is 4.39 Å². The quantitative estimate of drug-likeness (QED) is 0.832. The van der Waals surface area contributed by atoms with E-state index in [0.717, 1.165) is 12.8 Å². The molecule has 0 spiro atoms. The average Bonchev–Trinajstić information content (AvgIpc) is 2.96. The van der Waals surface area contributed by atoms with Gasteiger partial charge in [0.1, 0.15) is 11.6 Å². The van der Waals surface area contributed by atoms with Gasteiger partial charge >= 0.3 is 0 Å². The lowest BCUT2D eigenvalue weighted by molar-refractivity contribution is 0.0816. The van der Waals surface area contributed by atoms with Crippen LogP contribution in [0.25, 0.3) is 11.4 Å². The zero-order valence-electron chi connectivity index (χ0n) is 12.9. The summed E-state index contributed by atoms with van der Waals surface area (Å²) in [5, 5.41) is 6.62. The first-order valence-electron chi connectivity index (χ1n) is 7.09. The second-order valence-electron chi connectivity index (χ2n) is 5.05. The Morgan fingerprint density at radius 1 is 1.41 bits per heavy atom. The molecule has 6 nitrogen and oxygen atoms in total. The molecule has 0 saturated carbocycles. The third kappa shape index (κ3) is 3.60. The summed E-state index contributed by atoms with van der Waals surface area (Å²) >= 11 is 0. The van der Waals surface area contributed by atoms with Gasteiger partial charge in [0.15, 0.2) is 5.82 Å². The Kier molecular flexibility index (Phi) is 5.08. The summed E-state index contributed by atoms with van der Waals surface area (Å²) < 4.78 is 19.0. The number of nitrogens with zero attached hydrogens (tertiary/aromatic N) is 3. The fraction of sp³-hybridized carbons (Fsp3) is 0.400. The summed E-state index contributed by atoms with van der Waals surface area (Å²) in [5.74, 6) is 0.126. The van der Waals surface area contributed by atoms with E-state index in [4.69, 9.17) is 4.74 Å². The number of benzene rings is 1. The number of nitrogens with one attached hydrogen (secondary N) is 1. The Morgan fingerprint density at radius 3 is 2.86 bits per heavy atom. The zero-order chi connectivity index (χ0) is 16.1. The van der Waals surface area contributed by atoms with Crippen molar-refractivity contribution in [3.8, 4) is 17.1 Å². The molecule has 0 radical (unpaired) electrons. The van der Waals surface area contributed by atoms with Gasteiger partial charge in [-0.3, -0.25) is 9.89 Å². The molecule has 2 aromatic rings. The van der Waals surface area contributed by atoms with Crippen molar-refractivity contribution in [2.24, 2.45) is 0 Å². The second kappa shape index (κ2) is 7.02. The molecule has 0 bridgehead atoms. The van der Waals surface area contributed by atoms with Gasteiger partial charge in [-0.2, -0.15) is 5.10 Å². The third-order valence-electron chi connectivity index (χ3n) is 3.03. The molecule has 0 aliphatic rings. The Labute approximate surface area is 128 Å². The van der Waals surface area contributed by atoms with Gasteiger partial charge in [-0.05, 0) is 18.6 Å². The number of aromatic nitrogens is 3. The molecule has 0 unspecified atom stereocenters. The standard InChI is InChI=1S/C15H19FN4O2/c1-4-5-8-22-12-9-10(16)6-7-11(12)13-17-14(19-18-13)15(21)20(2)3/h6-7,9H,4-5,8H2,1-3H3,(H,17,18,19). The van der Waals surface area contributed by atoms with Crippen molar-refractivity contribution < 1.29 is 13.9 Å². The number of aromatic amines is 1. The summed E-state index contributed by atoms with van der Waals surface area (Å²) in [6.45, 7) is 2.53. The van der Waals surface area contributed by atoms with Crippen LogP contribution in [0.2, 0.25) is 0 Å². The Bertz CT molecular complexity index is 655. The van der Waals surface area contributed by atoms with E-state index in [0.29, 0.717) is 23.7 Å². The predicted octanol–water partition coefficient (Wildman–Crippen LogP) is 2.49. The lowest BCUT2D eigenvalue weighted by Crippen LogP contribution is -2.22. The van der Waals surface area contributed by atoms with E-state index in [9.17, 15) is 9.18 Å². The minimum Gasteiger partial charge on any atom is -0.493 e. The summed E-state index contributed by atoms with van der Waals surface area (Å²) in [7, 11) is 3.25. The number of rotatable bonds is 6. The molecule has 0 saturated heterocycles. The van der Waals surface area contributed by atoms with Crippen LogP contribution in [0.1, 0.15) is 30.4 Å². The molecule has 7 heteroatoms. The molecule has 118 valence electrons. The van der Waals surface area contributed by atoms with Gasteiger partial charge in [-0.15, -0.1) is 0 Å². The highest BCUT2D eigenvalue weighted by atomic mass is 19.1. The molecule has 0 atom stereocenters. The molecule has 1 aromatic heterocycles. The molecular formula is C15H19FN4O2. The van der Waals surface area contributed by atoms with Crippen LogP contribution < -0.4 is 4.74 Å². The van der Waals surface area contributed by atoms with Crippen molar-refractivity contribution in [3.05, 3.63) is 29.8 Å². The van der Waals surface area contributed by atoms with Crippen LogP contribution >= 0.6 is 0 Å². The van der Waals surface area contributed by atoms with Crippen LogP contribution in [0.3, 0.4) is 0 Å². The van der Waals surface area contributed by atoms with Crippen molar-refractivity contribution in [3.63, 3.8) is 0 Å². The number of ether oxygens (including phenoxy) is 1. The highest BCUT2D eigenvalue weighted by molar-refractivity contribution is 5.90. The SMILES string of the molecule is CCCCOc1cc(F)ccc1-c1n[nH]c(C(=O)N(C)C)n1. The van der Waals surface area contributed by atoms with Crippen molar-refractivity contribution in [1.29, 1.82) is 0 Å².